The van der Waals surface area contributed by atoms with Gasteiger partial charge in [0.15, 0.2) is 5.82 Å². The minimum absolute atomic E-state index is 0.0704. The van der Waals surface area contributed by atoms with E-state index in [1.165, 1.54) is 12.0 Å². The van der Waals surface area contributed by atoms with E-state index < -0.39 is 0 Å². The fraction of sp³-hybridized carbons (Fsp3) is 0.565. The molecular weight excluding hydrogens is 392 g/mol. The van der Waals surface area contributed by atoms with Gasteiger partial charge in [-0.15, -0.1) is 5.10 Å². The number of ether oxygens (including phenoxy) is 1. The molecule has 2 saturated heterocycles. The lowest BCUT2D eigenvalue weighted by Gasteiger charge is -2.33. The summed E-state index contributed by atoms with van der Waals surface area (Å²) in [6, 6.07) is 8.00. The lowest BCUT2D eigenvalue weighted by atomic mass is 9.99. The number of H-pyrrole nitrogens is 1. The Morgan fingerprint density at radius 2 is 2.06 bits per heavy atom. The summed E-state index contributed by atoms with van der Waals surface area (Å²) < 4.78 is 7.67. The first-order valence-electron chi connectivity index (χ1n) is 11.5. The van der Waals surface area contributed by atoms with E-state index in [2.05, 4.69) is 44.5 Å². The molecular formula is C23H30N6O2. The number of likely N-dealkylation sites (tertiary alicyclic amines) is 1. The van der Waals surface area contributed by atoms with Gasteiger partial charge >= 0.3 is 0 Å². The lowest BCUT2D eigenvalue weighted by Crippen LogP contribution is -2.39. The minimum atomic E-state index is -0.268. The fourth-order valence-electron chi connectivity index (χ4n) is 4.89. The standard InChI is InChI=1S/C23H30N6O2/c1-2-16-8-9-20-17(13-16)14-19(23(30)24-20)21(28-10-4-3-5-11-28)22-25-26-27-29(22)15-18-7-6-12-31-18/h8-9,13-14,18,21H,2-7,10-12,15H2,1H3,(H,24,30)/t18-,21-/m1/s1. The molecule has 2 aliphatic heterocycles. The molecule has 0 radical (unpaired) electrons. The van der Waals surface area contributed by atoms with Gasteiger partial charge in [0.05, 0.1) is 12.6 Å². The molecule has 2 atom stereocenters. The van der Waals surface area contributed by atoms with Crippen molar-refractivity contribution in [3.8, 4) is 0 Å². The Bertz CT molecular complexity index is 1090. The maximum absolute atomic E-state index is 13.2. The Kier molecular flexibility index (Phi) is 5.82. The number of aryl methyl sites for hydroxylation is 1. The van der Waals surface area contributed by atoms with Crippen LogP contribution in [0.5, 0.6) is 0 Å². The second-order valence-corrected chi connectivity index (χ2v) is 8.68. The number of fused-ring (bicyclic) bond motifs is 1. The zero-order valence-electron chi connectivity index (χ0n) is 18.1. The van der Waals surface area contributed by atoms with Crippen molar-refractivity contribution in [1.82, 2.24) is 30.1 Å². The summed E-state index contributed by atoms with van der Waals surface area (Å²) >= 11 is 0. The van der Waals surface area contributed by atoms with Crippen LogP contribution in [0.1, 0.15) is 62.0 Å². The predicted molar refractivity (Wildman–Crippen MR) is 118 cm³/mol. The Morgan fingerprint density at radius 1 is 1.19 bits per heavy atom. The average Bonchev–Trinajstić information content (AvgIpc) is 3.48. The molecule has 4 heterocycles. The van der Waals surface area contributed by atoms with Crippen molar-refractivity contribution in [2.24, 2.45) is 0 Å². The molecule has 3 aromatic rings. The number of aromatic nitrogens is 5. The van der Waals surface area contributed by atoms with E-state index in [4.69, 9.17) is 4.74 Å². The summed E-state index contributed by atoms with van der Waals surface area (Å²) in [7, 11) is 0. The first kappa shape index (κ1) is 20.3. The van der Waals surface area contributed by atoms with Gasteiger partial charge in [-0.1, -0.05) is 19.4 Å². The smallest absolute Gasteiger partial charge is 0.253 e. The van der Waals surface area contributed by atoms with Crippen molar-refractivity contribution < 1.29 is 4.74 Å². The second-order valence-electron chi connectivity index (χ2n) is 8.68. The average molecular weight is 423 g/mol. The summed E-state index contributed by atoms with van der Waals surface area (Å²) in [6.45, 7) is 5.43. The number of rotatable bonds is 6. The zero-order chi connectivity index (χ0) is 21.2. The molecule has 5 rings (SSSR count). The van der Waals surface area contributed by atoms with Crippen LogP contribution in [-0.2, 0) is 17.7 Å². The third-order valence-electron chi connectivity index (χ3n) is 6.60. The molecule has 8 heteroatoms. The van der Waals surface area contributed by atoms with Crippen LogP contribution in [0.2, 0.25) is 0 Å². The van der Waals surface area contributed by atoms with Gasteiger partial charge in [0.2, 0.25) is 0 Å². The van der Waals surface area contributed by atoms with Gasteiger partial charge in [-0.3, -0.25) is 9.69 Å². The van der Waals surface area contributed by atoms with Crippen LogP contribution in [0, 0.1) is 0 Å². The highest BCUT2D eigenvalue weighted by molar-refractivity contribution is 5.80. The number of nitrogens with one attached hydrogen (secondary N) is 1. The maximum Gasteiger partial charge on any atom is 0.253 e. The molecule has 31 heavy (non-hydrogen) atoms. The number of benzene rings is 1. The summed E-state index contributed by atoms with van der Waals surface area (Å²) in [6.07, 6.45) is 6.64. The molecule has 0 aliphatic carbocycles. The Morgan fingerprint density at radius 3 is 2.84 bits per heavy atom. The molecule has 2 aliphatic rings. The summed E-state index contributed by atoms with van der Waals surface area (Å²) in [5, 5.41) is 13.7. The van der Waals surface area contributed by atoms with Gasteiger partial charge < -0.3 is 9.72 Å². The molecule has 1 N–H and O–H groups in total. The van der Waals surface area contributed by atoms with Gasteiger partial charge in [-0.2, -0.15) is 0 Å². The number of pyridine rings is 1. The van der Waals surface area contributed by atoms with Crippen LogP contribution in [0.25, 0.3) is 10.9 Å². The molecule has 0 spiro atoms. The van der Waals surface area contributed by atoms with E-state index in [0.29, 0.717) is 12.1 Å². The normalized spacial score (nSPS) is 21.0. The second kappa shape index (κ2) is 8.88. The fourth-order valence-corrected chi connectivity index (χ4v) is 4.89. The first-order valence-corrected chi connectivity index (χ1v) is 11.5. The number of aromatic amines is 1. The van der Waals surface area contributed by atoms with Crippen molar-refractivity contribution in [2.75, 3.05) is 19.7 Å². The van der Waals surface area contributed by atoms with E-state index in [9.17, 15) is 4.79 Å². The summed E-state index contributed by atoms with van der Waals surface area (Å²) in [5.74, 6) is 0.730. The summed E-state index contributed by atoms with van der Waals surface area (Å²) in [4.78, 5) is 18.7. The highest BCUT2D eigenvalue weighted by Crippen LogP contribution is 2.30. The van der Waals surface area contributed by atoms with Crippen molar-refractivity contribution >= 4 is 10.9 Å². The van der Waals surface area contributed by atoms with Crippen LogP contribution in [-0.4, -0.2) is 55.9 Å². The lowest BCUT2D eigenvalue weighted by molar-refractivity contribution is 0.0902. The van der Waals surface area contributed by atoms with Gasteiger partial charge in [0.1, 0.15) is 6.04 Å². The number of hydrogen-bond acceptors (Lipinski definition) is 6. The van der Waals surface area contributed by atoms with Crippen LogP contribution in [0.3, 0.4) is 0 Å². The molecule has 2 aromatic heterocycles. The molecule has 0 amide bonds. The molecule has 8 nitrogen and oxygen atoms in total. The van der Waals surface area contributed by atoms with E-state index >= 15 is 0 Å². The largest absolute Gasteiger partial charge is 0.376 e. The Hall–Kier alpha value is -2.58. The van der Waals surface area contributed by atoms with E-state index in [1.807, 2.05) is 16.8 Å². The topological polar surface area (TPSA) is 88.9 Å². The third kappa shape index (κ3) is 4.14. The predicted octanol–water partition coefficient (Wildman–Crippen LogP) is 2.83. The van der Waals surface area contributed by atoms with Gasteiger partial charge in [0.25, 0.3) is 5.56 Å². The highest BCUT2D eigenvalue weighted by Gasteiger charge is 2.32. The number of piperidine rings is 1. The van der Waals surface area contributed by atoms with Crippen LogP contribution in [0.15, 0.2) is 29.1 Å². The van der Waals surface area contributed by atoms with Crippen molar-refractivity contribution in [2.45, 2.75) is 64.1 Å². The van der Waals surface area contributed by atoms with E-state index in [0.717, 1.165) is 68.5 Å². The monoisotopic (exact) mass is 422 g/mol. The van der Waals surface area contributed by atoms with E-state index in [1.54, 1.807) is 0 Å². The highest BCUT2D eigenvalue weighted by atomic mass is 16.5. The van der Waals surface area contributed by atoms with Crippen molar-refractivity contribution in [1.29, 1.82) is 0 Å². The van der Waals surface area contributed by atoms with Crippen LogP contribution in [0.4, 0.5) is 0 Å². The molecule has 1 aromatic carbocycles. The van der Waals surface area contributed by atoms with Gasteiger partial charge in [0, 0.05) is 17.7 Å². The van der Waals surface area contributed by atoms with Gasteiger partial charge in [-0.25, -0.2) is 4.68 Å². The van der Waals surface area contributed by atoms with Crippen LogP contribution >= 0.6 is 0 Å². The maximum atomic E-state index is 13.2. The molecule has 0 bridgehead atoms. The van der Waals surface area contributed by atoms with Crippen molar-refractivity contribution in [3.05, 3.63) is 51.6 Å². The molecule has 2 fully saturated rings. The molecule has 0 unspecified atom stereocenters. The molecule has 0 saturated carbocycles. The van der Waals surface area contributed by atoms with E-state index in [-0.39, 0.29) is 17.7 Å². The first-order chi connectivity index (χ1) is 15.2. The third-order valence-corrected chi connectivity index (χ3v) is 6.60. The SMILES string of the molecule is CCc1ccc2[nH]c(=O)c([C@H](c3nnnn3C[C@H]3CCCO3)N3CCCCC3)cc2c1. The molecule has 164 valence electrons. The van der Waals surface area contributed by atoms with Crippen molar-refractivity contribution in [3.63, 3.8) is 0 Å². The number of tetrazole rings is 1. The zero-order valence-corrected chi connectivity index (χ0v) is 18.1. The Balaban J connectivity index is 1.59. The minimum Gasteiger partial charge on any atom is -0.376 e. The quantitative estimate of drug-likeness (QED) is 0.657. The van der Waals surface area contributed by atoms with Crippen LogP contribution < -0.4 is 5.56 Å². The summed E-state index contributed by atoms with van der Waals surface area (Å²) in [5.41, 5.74) is 2.76. The number of hydrogen-bond donors (Lipinski definition) is 1. The van der Waals surface area contributed by atoms with Gasteiger partial charge in [-0.05, 0) is 84.8 Å². The number of nitrogens with zero attached hydrogens (tertiary/aromatic N) is 5. The Labute approximate surface area is 181 Å².